The molecule has 4 nitrogen and oxygen atoms in total. The molecule has 0 aromatic heterocycles. The molecular formula is C22H28O4. The number of benzene rings is 1. The third-order valence-corrected chi connectivity index (χ3v) is 7.60. The van der Waals surface area contributed by atoms with Crippen molar-refractivity contribution >= 4 is 11.9 Å². The Morgan fingerprint density at radius 3 is 2.38 bits per heavy atom. The van der Waals surface area contributed by atoms with E-state index >= 15 is 0 Å². The number of esters is 2. The lowest BCUT2D eigenvalue weighted by Crippen LogP contribution is -2.50. The van der Waals surface area contributed by atoms with Crippen molar-refractivity contribution in [1.82, 2.24) is 0 Å². The molecule has 4 rings (SSSR count). The summed E-state index contributed by atoms with van der Waals surface area (Å²) in [5, 5.41) is 0. The molecule has 26 heavy (non-hydrogen) atoms. The van der Waals surface area contributed by atoms with Crippen molar-refractivity contribution in [2.45, 2.75) is 76.9 Å². The van der Waals surface area contributed by atoms with Crippen molar-refractivity contribution < 1.29 is 19.1 Å². The zero-order valence-electron chi connectivity index (χ0n) is 15.9. The molecule has 0 spiro atoms. The normalized spacial score (nSPS) is 38.0. The molecule has 0 radical (unpaired) electrons. The molecule has 1 saturated heterocycles. The van der Waals surface area contributed by atoms with E-state index in [1.165, 1.54) is 5.56 Å². The summed E-state index contributed by atoms with van der Waals surface area (Å²) in [6.45, 7) is 5.87. The van der Waals surface area contributed by atoms with Crippen LogP contribution in [0.1, 0.15) is 70.8 Å². The third kappa shape index (κ3) is 2.20. The molecule has 2 aliphatic carbocycles. The Kier molecular flexibility index (Phi) is 3.94. The molecule has 0 amide bonds. The van der Waals surface area contributed by atoms with Crippen LogP contribution in [0.3, 0.4) is 0 Å². The standard InChI is InChI=1S/C22H28O4/c1-20(2)21(3)13-14-22(20,26-18(21)23)19(24)25-17-12-8-7-11-16(17)15-9-5-4-6-10-15/h4-6,9-10,16-17H,7-8,11-14H2,1-3H3/t16?,17?,21?,22-/m1/s1. The fraction of sp³-hybridized carbons (Fsp3) is 0.636. The summed E-state index contributed by atoms with van der Waals surface area (Å²) in [4.78, 5) is 25.7. The van der Waals surface area contributed by atoms with Crippen LogP contribution in [0.4, 0.5) is 0 Å². The van der Waals surface area contributed by atoms with Crippen LogP contribution in [0.2, 0.25) is 0 Å². The van der Waals surface area contributed by atoms with E-state index in [4.69, 9.17) is 9.47 Å². The van der Waals surface area contributed by atoms with Crippen LogP contribution in [-0.2, 0) is 19.1 Å². The first-order valence-corrected chi connectivity index (χ1v) is 9.81. The fourth-order valence-electron chi connectivity index (χ4n) is 5.25. The van der Waals surface area contributed by atoms with Crippen LogP contribution in [0, 0.1) is 10.8 Å². The molecule has 2 saturated carbocycles. The van der Waals surface area contributed by atoms with Crippen LogP contribution in [-0.4, -0.2) is 23.6 Å². The van der Waals surface area contributed by atoms with Crippen molar-refractivity contribution in [3.63, 3.8) is 0 Å². The summed E-state index contributed by atoms with van der Waals surface area (Å²) in [6.07, 6.45) is 5.20. The van der Waals surface area contributed by atoms with Gasteiger partial charge in [-0.1, -0.05) is 50.6 Å². The van der Waals surface area contributed by atoms with E-state index in [1.54, 1.807) is 0 Å². The molecular weight excluding hydrogens is 328 g/mol. The highest BCUT2D eigenvalue weighted by atomic mass is 16.6. The van der Waals surface area contributed by atoms with Crippen molar-refractivity contribution in [3.05, 3.63) is 35.9 Å². The Bertz CT molecular complexity index is 725. The number of fused-ring (bicyclic) bond motifs is 2. The summed E-state index contributed by atoms with van der Waals surface area (Å²) in [6, 6.07) is 10.3. The first-order valence-electron chi connectivity index (χ1n) is 9.81. The van der Waals surface area contributed by atoms with Gasteiger partial charge in [0.05, 0.1) is 5.41 Å². The molecule has 2 bridgehead atoms. The third-order valence-electron chi connectivity index (χ3n) is 7.60. The predicted molar refractivity (Wildman–Crippen MR) is 97.5 cm³/mol. The molecule has 0 N–H and O–H groups in total. The van der Waals surface area contributed by atoms with Crippen LogP contribution in [0.15, 0.2) is 30.3 Å². The van der Waals surface area contributed by atoms with Gasteiger partial charge in [-0.25, -0.2) is 4.79 Å². The van der Waals surface area contributed by atoms with Crippen molar-refractivity contribution in [1.29, 1.82) is 0 Å². The Hall–Kier alpha value is -1.84. The van der Waals surface area contributed by atoms with Gasteiger partial charge in [0.25, 0.3) is 0 Å². The largest absolute Gasteiger partial charge is 0.459 e. The van der Waals surface area contributed by atoms with Crippen LogP contribution in [0.25, 0.3) is 0 Å². The first-order chi connectivity index (χ1) is 12.3. The van der Waals surface area contributed by atoms with Gasteiger partial charge in [-0.2, -0.15) is 0 Å². The van der Waals surface area contributed by atoms with Crippen LogP contribution >= 0.6 is 0 Å². The van der Waals surface area contributed by atoms with Crippen LogP contribution < -0.4 is 0 Å². The van der Waals surface area contributed by atoms with Gasteiger partial charge in [-0.05, 0) is 44.6 Å². The van der Waals surface area contributed by atoms with Gasteiger partial charge in [-0.3, -0.25) is 4.79 Å². The summed E-state index contributed by atoms with van der Waals surface area (Å²) in [7, 11) is 0. The topological polar surface area (TPSA) is 52.6 Å². The minimum absolute atomic E-state index is 0.144. The summed E-state index contributed by atoms with van der Waals surface area (Å²) in [5.74, 6) is -0.378. The maximum Gasteiger partial charge on any atom is 0.351 e. The number of ether oxygens (including phenoxy) is 2. The average molecular weight is 356 g/mol. The highest BCUT2D eigenvalue weighted by molar-refractivity contribution is 5.93. The van der Waals surface area contributed by atoms with Gasteiger partial charge in [0.15, 0.2) is 0 Å². The lowest BCUT2D eigenvalue weighted by Gasteiger charge is -2.38. The van der Waals surface area contributed by atoms with Gasteiger partial charge in [0.2, 0.25) is 5.60 Å². The summed E-state index contributed by atoms with van der Waals surface area (Å²) < 4.78 is 11.8. The number of hydrogen-bond donors (Lipinski definition) is 0. The van der Waals surface area contributed by atoms with E-state index in [2.05, 4.69) is 12.1 Å². The van der Waals surface area contributed by atoms with Crippen LogP contribution in [0.5, 0.6) is 0 Å². The van der Waals surface area contributed by atoms with E-state index in [-0.39, 0.29) is 24.0 Å². The van der Waals surface area contributed by atoms with E-state index in [0.29, 0.717) is 12.8 Å². The molecule has 1 aliphatic heterocycles. The summed E-state index contributed by atoms with van der Waals surface area (Å²) in [5.41, 5.74) is -1.05. The molecule has 1 heterocycles. The zero-order chi connectivity index (χ0) is 18.6. The molecule has 4 atom stereocenters. The molecule has 3 aliphatic rings. The minimum Gasteiger partial charge on any atom is -0.459 e. The molecule has 1 aromatic rings. The first kappa shape index (κ1) is 17.6. The van der Waals surface area contributed by atoms with Gasteiger partial charge < -0.3 is 9.47 Å². The molecule has 3 unspecified atom stereocenters. The Morgan fingerprint density at radius 2 is 1.77 bits per heavy atom. The average Bonchev–Trinajstić information content (AvgIpc) is 2.93. The Labute approximate surface area is 155 Å². The quantitative estimate of drug-likeness (QED) is 0.754. The molecule has 140 valence electrons. The fourth-order valence-corrected chi connectivity index (χ4v) is 5.25. The minimum atomic E-state index is -1.13. The van der Waals surface area contributed by atoms with Crippen molar-refractivity contribution in [2.75, 3.05) is 0 Å². The number of carbonyl (C=O) groups is 2. The SMILES string of the molecule is CC12CC[C@](C(=O)OC3CCCCC3c3ccccc3)(OC1=O)C2(C)C. The van der Waals surface area contributed by atoms with Crippen molar-refractivity contribution in [2.24, 2.45) is 10.8 Å². The Balaban J connectivity index is 1.59. The van der Waals surface area contributed by atoms with E-state index in [1.807, 2.05) is 39.0 Å². The maximum atomic E-state index is 13.3. The zero-order valence-corrected chi connectivity index (χ0v) is 15.9. The van der Waals surface area contributed by atoms with Gasteiger partial charge in [0, 0.05) is 11.3 Å². The number of rotatable bonds is 3. The highest BCUT2D eigenvalue weighted by Gasteiger charge is 2.76. The Morgan fingerprint density at radius 1 is 1.08 bits per heavy atom. The lowest BCUT2D eigenvalue weighted by atomic mass is 9.66. The van der Waals surface area contributed by atoms with Gasteiger partial charge in [-0.15, -0.1) is 0 Å². The second kappa shape index (κ2) is 5.83. The molecule has 1 aromatic carbocycles. The smallest absolute Gasteiger partial charge is 0.351 e. The van der Waals surface area contributed by atoms with Gasteiger partial charge >= 0.3 is 11.9 Å². The van der Waals surface area contributed by atoms with E-state index in [0.717, 1.165) is 25.7 Å². The van der Waals surface area contributed by atoms with E-state index < -0.39 is 16.4 Å². The lowest BCUT2D eigenvalue weighted by molar-refractivity contribution is -0.189. The maximum absolute atomic E-state index is 13.3. The summed E-state index contributed by atoms with van der Waals surface area (Å²) >= 11 is 0. The second-order valence-electron chi connectivity index (χ2n) is 8.92. The molecule has 3 fully saturated rings. The predicted octanol–water partition coefficient (Wildman–Crippen LogP) is 4.38. The van der Waals surface area contributed by atoms with Gasteiger partial charge in [0.1, 0.15) is 6.10 Å². The highest BCUT2D eigenvalue weighted by Crippen LogP contribution is 2.66. The molecule has 4 heteroatoms. The second-order valence-corrected chi connectivity index (χ2v) is 8.92. The number of carbonyl (C=O) groups excluding carboxylic acids is 2. The number of hydrogen-bond acceptors (Lipinski definition) is 4. The monoisotopic (exact) mass is 356 g/mol. The van der Waals surface area contributed by atoms with Crippen molar-refractivity contribution in [3.8, 4) is 0 Å². The van der Waals surface area contributed by atoms with E-state index in [9.17, 15) is 9.59 Å².